The molecule has 0 bridgehead atoms. The number of hydrogen-bond acceptors (Lipinski definition) is 5. The van der Waals surface area contributed by atoms with Crippen molar-refractivity contribution in [2.45, 2.75) is 63.1 Å². The summed E-state index contributed by atoms with van der Waals surface area (Å²) in [6.45, 7) is 3.96. The van der Waals surface area contributed by atoms with Crippen LogP contribution in [0.15, 0.2) is 61.1 Å². The van der Waals surface area contributed by atoms with Gasteiger partial charge >= 0.3 is 6.09 Å². The predicted octanol–water partition coefficient (Wildman–Crippen LogP) is 5.68. The number of carbonyl (C=O) groups is 1. The van der Waals surface area contributed by atoms with Gasteiger partial charge in [-0.2, -0.15) is 4.39 Å². The van der Waals surface area contributed by atoms with Crippen LogP contribution in [0.5, 0.6) is 0 Å². The molecule has 1 amide bonds. The molecule has 170 valence electrons. The average molecular weight is 447 g/mol. The summed E-state index contributed by atoms with van der Waals surface area (Å²) in [5.41, 5.74) is 1.80. The maximum atomic E-state index is 14.4. The number of hydrogen-bond donors (Lipinski definition) is 0. The maximum Gasteiger partial charge on any atom is 0.411 e. The molecule has 1 unspecified atom stereocenters. The van der Waals surface area contributed by atoms with E-state index in [0.29, 0.717) is 11.4 Å². The first-order valence-electron chi connectivity index (χ1n) is 11.4. The van der Waals surface area contributed by atoms with Gasteiger partial charge in [-0.1, -0.05) is 30.3 Å². The molecule has 0 N–H and O–H groups in total. The number of ether oxygens (including phenoxy) is 1. The van der Waals surface area contributed by atoms with Crippen molar-refractivity contribution in [3.63, 3.8) is 0 Å². The van der Waals surface area contributed by atoms with Gasteiger partial charge in [0.1, 0.15) is 5.60 Å². The van der Waals surface area contributed by atoms with Gasteiger partial charge in [-0.3, -0.25) is 4.90 Å². The molecule has 7 heteroatoms. The molecule has 1 aliphatic carbocycles. The molecule has 1 aromatic carbocycles. The lowest BCUT2D eigenvalue weighted by molar-refractivity contribution is 0.0664. The minimum absolute atomic E-state index is 0.103. The Morgan fingerprint density at radius 3 is 2.36 bits per heavy atom. The fourth-order valence-electron chi connectivity index (χ4n) is 5.30. The van der Waals surface area contributed by atoms with Crippen molar-refractivity contribution < 1.29 is 13.9 Å². The van der Waals surface area contributed by atoms with Crippen LogP contribution in [0, 0.1) is 5.95 Å². The number of nitrogens with zero attached hydrogens (tertiary/aromatic N) is 4. The number of benzene rings is 1. The van der Waals surface area contributed by atoms with Gasteiger partial charge in [0, 0.05) is 24.6 Å². The predicted molar refractivity (Wildman–Crippen MR) is 122 cm³/mol. The Morgan fingerprint density at radius 1 is 0.970 bits per heavy atom. The third-order valence-corrected chi connectivity index (χ3v) is 6.84. The van der Waals surface area contributed by atoms with Crippen LogP contribution >= 0.6 is 0 Å². The van der Waals surface area contributed by atoms with Gasteiger partial charge in [0.15, 0.2) is 5.82 Å². The zero-order valence-corrected chi connectivity index (χ0v) is 18.8. The first-order chi connectivity index (χ1) is 15.9. The van der Waals surface area contributed by atoms with Gasteiger partial charge in [-0.05, 0) is 68.7 Å². The number of cyclic esters (lactones) is 1. The quantitative estimate of drug-likeness (QED) is 0.483. The molecule has 3 aromatic rings. The van der Waals surface area contributed by atoms with E-state index in [9.17, 15) is 9.18 Å². The van der Waals surface area contributed by atoms with Gasteiger partial charge in [0.25, 0.3) is 0 Å². The van der Waals surface area contributed by atoms with E-state index < -0.39 is 11.5 Å². The second-order valence-electron chi connectivity index (χ2n) is 9.38. The molecule has 0 spiro atoms. The van der Waals surface area contributed by atoms with Crippen LogP contribution in [0.3, 0.4) is 0 Å². The van der Waals surface area contributed by atoms with Crippen LogP contribution in [0.2, 0.25) is 0 Å². The minimum Gasteiger partial charge on any atom is -0.441 e. The van der Waals surface area contributed by atoms with Gasteiger partial charge in [0.05, 0.1) is 11.6 Å². The zero-order chi connectivity index (χ0) is 23.0. The normalized spacial score (nSPS) is 24.5. The van der Waals surface area contributed by atoms with Crippen molar-refractivity contribution >= 4 is 6.09 Å². The van der Waals surface area contributed by atoms with Crippen molar-refractivity contribution in [3.8, 4) is 11.4 Å². The fourth-order valence-corrected chi connectivity index (χ4v) is 5.30. The standard InChI is InChI=1S/C26H27FN4O2/c1-26(2)22(18-7-4-3-5-8-18)31(25(32)33-26)20-11-9-17(10-12-20)19-15-21(23(27)30-16-19)24-28-13-6-14-29-24/h3-8,13-17,20,22H,9-12H2,1-2H3/t17-,20-,22?. The lowest BCUT2D eigenvalue weighted by Gasteiger charge is -2.38. The number of aromatic nitrogens is 3. The van der Waals surface area contributed by atoms with Gasteiger partial charge < -0.3 is 4.74 Å². The van der Waals surface area contributed by atoms with E-state index in [2.05, 4.69) is 27.1 Å². The Kier molecular flexibility index (Phi) is 5.56. The summed E-state index contributed by atoms with van der Waals surface area (Å²) in [5, 5.41) is 0. The number of amides is 1. The van der Waals surface area contributed by atoms with E-state index in [4.69, 9.17) is 4.74 Å². The van der Waals surface area contributed by atoms with Crippen molar-refractivity contribution in [3.05, 3.63) is 78.1 Å². The molecule has 1 saturated carbocycles. The highest BCUT2D eigenvalue weighted by Crippen LogP contribution is 2.46. The Labute approximate surface area is 192 Å². The highest BCUT2D eigenvalue weighted by atomic mass is 19.1. The second kappa shape index (κ2) is 8.54. The second-order valence-corrected chi connectivity index (χ2v) is 9.38. The Hall–Kier alpha value is -3.35. The van der Waals surface area contributed by atoms with E-state index in [1.54, 1.807) is 24.7 Å². The topological polar surface area (TPSA) is 68.2 Å². The highest BCUT2D eigenvalue weighted by Gasteiger charge is 2.51. The van der Waals surface area contributed by atoms with Gasteiger partial charge in [-0.15, -0.1) is 0 Å². The van der Waals surface area contributed by atoms with E-state index >= 15 is 0 Å². The fraction of sp³-hybridized carbons (Fsp3) is 0.385. The van der Waals surface area contributed by atoms with Crippen molar-refractivity contribution in [1.82, 2.24) is 19.9 Å². The molecule has 5 rings (SSSR count). The molecular weight excluding hydrogens is 419 g/mol. The SMILES string of the molecule is CC1(C)OC(=O)N([C@H]2CC[C@H](c3cnc(F)c(-c4ncccn4)c3)CC2)C1c1ccccc1. The van der Waals surface area contributed by atoms with E-state index in [1.807, 2.05) is 43.0 Å². The minimum atomic E-state index is -0.596. The lowest BCUT2D eigenvalue weighted by Crippen LogP contribution is -2.42. The summed E-state index contributed by atoms with van der Waals surface area (Å²) in [6.07, 6.45) is 8.05. The molecular formula is C26H27FN4O2. The molecule has 2 fully saturated rings. The first kappa shape index (κ1) is 21.5. The number of pyridine rings is 1. The molecule has 3 heterocycles. The van der Waals surface area contributed by atoms with Crippen LogP contribution < -0.4 is 0 Å². The Morgan fingerprint density at radius 2 is 1.67 bits per heavy atom. The van der Waals surface area contributed by atoms with Crippen LogP contribution in [0.25, 0.3) is 11.4 Å². The average Bonchev–Trinajstić information content (AvgIpc) is 3.08. The Bertz CT molecular complexity index is 1130. The summed E-state index contributed by atoms with van der Waals surface area (Å²) >= 11 is 0. The molecule has 1 atom stereocenters. The number of halogens is 1. The molecule has 2 aromatic heterocycles. The van der Waals surface area contributed by atoms with Crippen LogP contribution in [-0.4, -0.2) is 37.6 Å². The zero-order valence-electron chi connectivity index (χ0n) is 18.8. The summed E-state index contributed by atoms with van der Waals surface area (Å²) in [4.78, 5) is 27.2. The third kappa shape index (κ3) is 4.08. The number of carbonyl (C=O) groups excluding carboxylic acids is 1. The third-order valence-electron chi connectivity index (χ3n) is 6.84. The van der Waals surface area contributed by atoms with Crippen molar-refractivity contribution in [2.24, 2.45) is 0 Å². The Balaban J connectivity index is 1.35. The van der Waals surface area contributed by atoms with E-state index in [1.165, 1.54) is 0 Å². The van der Waals surface area contributed by atoms with Gasteiger partial charge in [0.2, 0.25) is 5.95 Å². The summed E-state index contributed by atoms with van der Waals surface area (Å²) in [6, 6.07) is 13.6. The summed E-state index contributed by atoms with van der Waals surface area (Å²) < 4.78 is 20.2. The summed E-state index contributed by atoms with van der Waals surface area (Å²) in [7, 11) is 0. The van der Waals surface area contributed by atoms with Crippen LogP contribution in [0.4, 0.5) is 9.18 Å². The maximum absolute atomic E-state index is 14.4. The molecule has 1 saturated heterocycles. The molecule has 2 aliphatic rings. The molecule has 6 nitrogen and oxygen atoms in total. The molecule has 1 aliphatic heterocycles. The van der Waals surface area contributed by atoms with Crippen LogP contribution in [0.1, 0.15) is 62.6 Å². The molecule has 0 radical (unpaired) electrons. The largest absolute Gasteiger partial charge is 0.441 e. The van der Waals surface area contributed by atoms with Crippen molar-refractivity contribution in [2.75, 3.05) is 0 Å². The molecule has 33 heavy (non-hydrogen) atoms. The monoisotopic (exact) mass is 446 g/mol. The lowest BCUT2D eigenvalue weighted by atomic mass is 9.80. The smallest absolute Gasteiger partial charge is 0.411 e. The number of rotatable bonds is 4. The van der Waals surface area contributed by atoms with Gasteiger partial charge in [-0.25, -0.2) is 19.7 Å². The van der Waals surface area contributed by atoms with E-state index in [-0.39, 0.29) is 24.1 Å². The van der Waals surface area contributed by atoms with E-state index in [0.717, 1.165) is 36.8 Å². The first-order valence-corrected chi connectivity index (χ1v) is 11.4. The summed E-state index contributed by atoms with van der Waals surface area (Å²) in [5.74, 6) is 0.0239. The highest BCUT2D eigenvalue weighted by molar-refractivity contribution is 5.72. The van der Waals surface area contributed by atoms with Crippen LogP contribution in [-0.2, 0) is 4.74 Å². The van der Waals surface area contributed by atoms with Crippen molar-refractivity contribution in [1.29, 1.82) is 0 Å².